The highest BCUT2D eigenvalue weighted by Gasteiger charge is 2.26. The van der Waals surface area contributed by atoms with Gasteiger partial charge < -0.3 is 10.4 Å². The zero-order chi connectivity index (χ0) is 12.3. The summed E-state index contributed by atoms with van der Waals surface area (Å²) in [4.78, 5) is 7.69. The highest BCUT2D eigenvalue weighted by atomic mass is 19.1. The van der Waals surface area contributed by atoms with E-state index >= 15 is 0 Å². The molecule has 0 fully saturated rings. The van der Waals surface area contributed by atoms with Crippen molar-refractivity contribution in [3.63, 3.8) is 0 Å². The first-order valence-electron chi connectivity index (χ1n) is 5.34. The van der Waals surface area contributed by atoms with Crippen LogP contribution in [0.15, 0.2) is 6.33 Å². The van der Waals surface area contributed by atoms with Gasteiger partial charge in [0.15, 0.2) is 11.6 Å². The van der Waals surface area contributed by atoms with E-state index in [1.807, 2.05) is 6.92 Å². The first-order chi connectivity index (χ1) is 7.38. The second-order valence-electron chi connectivity index (χ2n) is 4.36. The Bertz CT molecular complexity index is 366. The summed E-state index contributed by atoms with van der Waals surface area (Å²) in [6.07, 6.45) is 1.22. The molecule has 1 aromatic heterocycles. The largest absolute Gasteiger partial charge is 0.391 e. The molecule has 5 heteroatoms. The van der Waals surface area contributed by atoms with Crippen LogP contribution in [0.1, 0.15) is 33.4 Å². The maximum atomic E-state index is 13.8. The molecule has 0 amide bonds. The molecule has 4 nitrogen and oxygen atoms in total. The van der Waals surface area contributed by atoms with Gasteiger partial charge in [0.25, 0.3) is 0 Å². The predicted molar refractivity (Wildman–Crippen MR) is 60.8 cm³/mol. The summed E-state index contributed by atoms with van der Waals surface area (Å²) in [5.74, 6) is -0.309. The van der Waals surface area contributed by atoms with E-state index < -0.39 is 17.5 Å². The van der Waals surface area contributed by atoms with Gasteiger partial charge in [-0.05, 0) is 27.2 Å². The van der Waals surface area contributed by atoms with Crippen LogP contribution in [-0.4, -0.2) is 26.7 Å². The summed E-state index contributed by atoms with van der Waals surface area (Å²) in [6, 6.07) is 0. The zero-order valence-corrected chi connectivity index (χ0v) is 10.1. The molecule has 0 aliphatic heterocycles. The number of aliphatic hydroxyl groups excluding tert-OH is 1. The molecule has 0 aromatic carbocycles. The van der Waals surface area contributed by atoms with Gasteiger partial charge >= 0.3 is 0 Å². The molecule has 1 atom stereocenters. The summed E-state index contributed by atoms with van der Waals surface area (Å²) >= 11 is 0. The fourth-order valence-electron chi connectivity index (χ4n) is 1.15. The van der Waals surface area contributed by atoms with Crippen molar-refractivity contribution < 1.29 is 9.50 Å². The van der Waals surface area contributed by atoms with Crippen LogP contribution in [-0.2, 0) is 6.42 Å². The van der Waals surface area contributed by atoms with Gasteiger partial charge in [-0.2, -0.15) is 0 Å². The molecule has 1 aromatic rings. The van der Waals surface area contributed by atoms with E-state index in [4.69, 9.17) is 0 Å². The Kier molecular flexibility index (Phi) is 3.80. The molecule has 0 aliphatic rings. The topological polar surface area (TPSA) is 58.0 Å². The van der Waals surface area contributed by atoms with Crippen molar-refractivity contribution in [2.45, 2.75) is 45.8 Å². The van der Waals surface area contributed by atoms with E-state index in [1.165, 1.54) is 6.33 Å². The first-order valence-corrected chi connectivity index (χ1v) is 5.34. The van der Waals surface area contributed by atoms with Crippen LogP contribution in [0, 0.1) is 5.82 Å². The number of aromatic nitrogens is 2. The third-order valence-electron chi connectivity index (χ3n) is 2.68. The van der Waals surface area contributed by atoms with Crippen LogP contribution < -0.4 is 5.32 Å². The highest BCUT2D eigenvalue weighted by molar-refractivity contribution is 5.40. The minimum Gasteiger partial charge on any atom is -0.391 e. The summed E-state index contributed by atoms with van der Waals surface area (Å²) < 4.78 is 13.8. The van der Waals surface area contributed by atoms with Crippen molar-refractivity contribution in [1.82, 2.24) is 9.97 Å². The van der Waals surface area contributed by atoms with E-state index in [-0.39, 0.29) is 5.82 Å². The number of aryl methyl sites for hydroxylation is 1. The Labute approximate surface area is 94.9 Å². The first kappa shape index (κ1) is 12.8. The highest BCUT2D eigenvalue weighted by Crippen LogP contribution is 2.20. The maximum Gasteiger partial charge on any atom is 0.186 e. The van der Waals surface area contributed by atoms with Gasteiger partial charge in [-0.1, -0.05) is 6.92 Å². The Hall–Kier alpha value is -1.23. The van der Waals surface area contributed by atoms with Crippen LogP contribution >= 0.6 is 0 Å². The Balaban J connectivity index is 2.98. The van der Waals surface area contributed by atoms with Crippen LogP contribution in [0.4, 0.5) is 10.2 Å². The average Bonchev–Trinajstić information content (AvgIpc) is 2.20. The molecule has 1 rings (SSSR count). The molecule has 0 aliphatic carbocycles. The van der Waals surface area contributed by atoms with Gasteiger partial charge in [0, 0.05) is 0 Å². The van der Waals surface area contributed by atoms with Crippen molar-refractivity contribution in [2.75, 3.05) is 5.32 Å². The Morgan fingerprint density at radius 2 is 2.12 bits per heavy atom. The molecular formula is C11H18FN3O. The molecule has 16 heavy (non-hydrogen) atoms. The summed E-state index contributed by atoms with van der Waals surface area (Å²) in [6.45, 7) is 7.04. The molecule has 0 saturated carbocycles. The minimum atomic E-state index is -0.639. The number of rotatable bonds is 4. The molecule has 2 N–H and O–H groups in total. The number of anilines is 1. The smallest absolute Gasteiger partial charge is 0.186 e. The SMILES string of the molecule is CCc1ncnc(NC(C)(C)C(C)O)c1F. The van der Waals surface area contributed by atoms with E-state index in [1.54, 1.807) is 20.8 Å². The molecule has 90 valence electrons. The summed E-state index contributed by atoms with van der Waals surface area (Å²) in [5, 5.41) is 12.4. The normalized spacial score (nSPS) is 13.6. The summed E-state index contributed by atoms with van der Waals surface area (Å²) in [7, 11) is 0. The number of hydrogen-bond acceptors (Lipinski definition) is 4. The molecule has 0 bridgehead atoms. The fourth-order valence-corrected chi connectivity index (χ4v) is 1.15. The van der Waals surface area contributed by atoms with E-state index in [0.717, 1.165) is 0 Å². The molecule has 1 heterocycles. The monoisotopic (exact) mass is 227 g/mol. The standard InChI is InChI=1S/C11H18FN3O/c1-5-8-9(12)10(14-6-13-8)15-11(3,4)7(2)16/h6-7,16H,5H2,1-4H3,(H,13,14,15). The molecular weight excluding hydrogens is 209 g/mol. The number of aliphatic hydroxyl groups is 1. The second kappa shape index (κ2) is 4.74. The second-order valence-corrected chi connectivity index (χ2v) is 4.36. The van der Waals surface area contributed by atoms with E-state index in [2.05, 4.69) is 15.3 Å². The van der Waals surface area contributed by atoms with Gasteiger partial charge in [0.05, 0.1) is 17.3 Å². The van der Waals surface area contributed by atoms with Crippen LogP contribution in [0.3, 0.4) is 0 Å². The number of nitrogens with one attached hydrogen (secondary N) is 1. The van der Waals surface area contributed by atoms with Crippen LogP contribution in [0.2, 0.25) is 0 Å². The van der Waals surface area contributed by atoms with E-state index in [9.17, 15) is 9.50 Å². The number of hydrogen-bond donors (Lipinski definition) is 2. The van der Waals surface area contributed by atoms with Crippen LogP contribution in [0.25, 0.3) is 0 Å². The van der Waals surface area contributed by atoms with E-state index in [0.29, 0.717) is 12.1 Å². The summed E-state index contributed by atoms with van der Waals surface area (Å²) in [5.41, 5.74) is -0.265. The zero-order valence-electron chi connectivity index (χ0n) is 10.1. The lowest BCUT2D eigenvalue weighted by atomic mass is 9.99. The van der Waals surface area contributed by atoms with Gasteiger partial charge in [0.2, 0.25) is 0 Å². The molecule has 0 spiro atoms. The lowest BCUT2D eigenvalue weighted by molar-refractivity contribution is 0.132. The molecule has 0 radical (unpaired) electrons. The maximum absolute atomic E-state index is 13.8. The van der Waals surface area contributed by atoms with Gasteiger partial charge in [-0.3, -0.25) is 0 Å². The average molecular weight is 227 g/mol. The lowest BCUT2D eigenvalue weighted by Gasteiger charge is -2.30. The lowest BCUT2D eigenvalue weighted by Crippen LogP contribution is -2.42. The van der Waals surface area contributed by atoms with Crippen molar-refractivity contribution in [1.29, 1.82) is 0 Å². The Morgan fingerprint density at radius 1 is 1.50 bits per heavy atom. The van der Waals surface area contributed by atoms with Crippen molar-refractivity contribution in [3.05, 3.63) is 17.8 Å². The fraction of sp³-hybridized carbons (Fsp3) is 0.636. The van der Waals surface area contributed by atoms with Crippen LogP contribution in [0.5, 0.6) is 0 Å². The van der Waals surface area contributed by atoms with Gasteiger partial charge in [-0.25, -0.2) is 14.4 Å². The van der Waals surface area contributed by atoms with Crippen molar-refractivity contribution >= 4 is 5.82 Å². The van der Waals surface area contributed by atoms with Crippen molar-refractivity contribution in [2.24, 2.45) is 0 Å². The minimum absolute atomic E-state index is 0.137. The predicted octanol–water partition coefficient (Wildman–Crippen LogP) is 1.75. The molecule has 1 unspecified atom stereocenters. The third-order valence-corrected chi connectivity index (χ3v) is 2.68. The van der Waals surface area contributed by atoms with Gasteiger partial charge in [-0.15, -0.1) is 0 Å². The number of halogens is 1. The van der Waals surface area contributed by atoms with Crippen molar-refractivity contribution in [3.8, 4) is 0 Å². The quantitative estimate of drug-likeness (QED) is 0.822. The molecule has 0 saturated heterocycles. The van der Waals surface area contributed by atoms with Gasteiger partial charge in [0.1, 0.15) is 6.33 Å². The Morgan fingerprint density at radius 3 is 2.62 bits per heavy atom. The number of nitrogens with zero attached hydrogens (tertiary/aromatic N) is 2. The third kappa shape index (κ3) is 2.66.